The van der Waals surface area contributed by atoms with Crippen LogP contribution in [0.15, 0.2) is 84.9 Å². The predicted molar refractivity (Wildman–Crippen MR) is 114 cm³/mol. The molecule has 0 fully saturated rings. The number of aromatic nitrogens is 1. The van der Waals surface area contributed by atoms with Gasteiger partial charge in [0.1, 0.15) is 0 Å². The van der Waals surface area contributed by atoms with Crippen molar-refractivity contribution >= 4 is 17.4 Å². The molecule has 0 aliphatic heterocycles. The highest BCUT2D eigenvalue weighted by atomic mass is 16.5. The van der Waals surface area contributed by atoms with E-state index in [2.05, 4.69) is 54.4 Å². The molecule has 0 saturated carbocycles. The van der Waals surface area contributed by atoms with Crippen molar-refractivity contribution in [1.29, 1.82) is 0 Å². The van der Waals surface area contributed by atoms with Crippen molar-refractivity contribution in [1.82, 2.24) is 4.98 Å². The fraction of sp³-hybridized carbons (Fsp3) is 0.160. The normalized spacial score (nSPS) is 10.2. The third-order valence-electron chi connectivity index (χ3n) is 4.62. The summed E-state index contributed by atoms with van der Waals surface area (Å²) in [6, 6.07) is 29.0. The van der Waals surface area contributed by atoms with Crippen molar-refractivity contribution in [3.05, 3.63) is 107 Å². The summed E-state index contributed by atoms with van der Waals surface area (Å²) in [5.74, 6) is 0. The lowest BCUT2D eigenvalue weighted by Crippen LogP contribution is -1.96. The van der Waals surface area contributed by atoms with Crippen LogP contribution in [0.2, 0.25) is 0 Å². The van der Waals surface area contributed by atoms with Crippen molar-refractivity contribution in [2.45, 2.75) is 19.8 Å². The lowest BCUT2D eigenvalue weighted by molar-refractivity contribution is -0.128. The molecule has 3 aromatic carbocycles. The molecule has 3 heteroatoms. The van der Waals surface area contributed by atoms with Gasteiger partial charge in [0.2, 0.25) is 0 Å². The number of benzene rings is 3. The molecular formula is C25H25NO2. The van der Waals surface area contributed by atoms with Gasteiger partial charge in [0.05, 0.1) is 6.61 Å². The molecule has 0 atom stereocenters. The second kappa shape index (κ2) is 10.1. The maximum absolute atomic E-state index is 10.2. The number of carbonyl (C=O) groups is 1. The minimum absolute atomic E-state index is 0.406. The van der Waals surface area contributed by atoms with Gasteiger partial charge >= 0.3 is 0 Å². The molecule has 0 aliphatic rings. The van der Waals surface area contributed by atoms with Gasteiger partial charge in [0.25, 0.3) is 6.47 Å². The van der Waals surface area contributed by atoms with E-state index in [1.54, 1.807) is 0 Å². The van der Waals surface area contributed by atoms with Crippen LogP contribution in [0.5, 0.6) is 0 Å². The molecule has 4 aromatic rings. The lowest BCUT2D eigenvalue weighted by Gasteiger charge is -2.06. The number of nitrogens with one attached hydrogen (secondary N) is 1. The van der Waals surface area contributed by atoms with Gasteiger partial charge in [0.15, 0.2) is 0 Å². The molecule has 142 valence electrons. The quantitative estimate of drug-likeness (QED) is 0.361. The molecule has 1 heterocycles. The molecule has 28 heavy (non-hydrogen) atoms. The molecule has 0 saturated heterocycles. The zero-order chi connectivity index (χ0) is 19.6. The number of rotatable bonds is 6. The van der Waals surface area contributed by atoms with Crippen LogP contribution >= 0.6 is 0 Å². The smallest absolute Gasteiger partial charge is 0.293 e. The molecule has 1 aromatic heterocycles. The van der Waals surface area contributed by atoms with E-state index in [-0.39, 0.29) is 0 Å². The van der Waals surface area contributed by atoms with E-state index in [9.17, 15) is 4.79 Å². The first-order valence-corrected chi connectivity index (χ1v) is 9.47. The van der Waals surface area contributed by atoms with Gasteiger partial charge in [-0.2, -0.15) is 0 Å². The van der Waals surface area contributed by atoms with Crippen molar-refractivity contribution < 1.29 is 9.53 Å². The molecule has 0 spiro atoms. The number of H-pyrrole nitrogens is 1. The molecule has 0 aliphatic carbocycles. The van der Waals surface area contributed by atoms with E-state index < -0.39 is 0 Å². The van der Waals surface area contributed by atoms with Gasteiger partial charge < -0.3 is 9.72 Å². The lowest BCUT2D eigenvalue weighted by atomic mass is 10.0. The Bertz CT molecular complexity index is 964. The summed E-state index contributed by atoms with van der Waals surface area (Å²) in [7, 11) is 0. The third kappa shape index (κ3) is 5.34. The Morgan fingerprint density at radius 2 is 1.54 bits per heavy atom. The van der Waals surface area contributed by atoms with Crippen molar-refractivity contribution in [2.75, 3.05) is 6.61 Å². The fourth-order valence-electron chi connectivity index (χ4n) is 3.17. The van der Waals surface area contributed by atoms with Crippen LogP contribution in [0.1, 0.15) is 22.4 Å². The van der Waals surface area contributed by atoms with E-state index in [1.807, 2.05) is 42.5 Å². The number of aromatic amines is 1. The van der Waals surface area contributed by atoms with Crippen LogP contribution in [0.4, 0.5) is 0 Å². The van der Waals surface area contributed by atoms with Gasteiger partial charge in [-0.15, -0.1) is 0 Å². The van der Waals surface area contributed by atoms with Crippen molar-refractivity contribution in [2.24, 2.45) is 0 Å². The molecule has 1 N–H and O–H groups in total. The largest absolute Gasteiger partial charge is 0.467 e. The van der Waals surface area contributed by atoms with Gasteiger partial charge in [-0.1, -0.05) is 78.9 Å². The molecule has 4 rings (SSSR count). The molecule has 0 bridgehead atoms. The number of ether oxygens (including phenoxy) is 1. The van der Waals surface area contributed by atoms with Crippen LogP contribution in [-0.4, -0.2) is 18.1 Å². The van der Waals surface area contributed by atoms with Gasteiger partial charge in [-0.05, 0) is 36.1 Å². The van der Waals surface area contributed by atoms with Gasteiger partial charge in [-0.25, -0.2) is 0 Å². The summed E-state index contributed by atoms with van der Waals surface area (Å²) in [4.78, 5) is 13.7. The Morgan fingerprint density at radius 1 is 0.893 bits per heavy atom. The van der Waals surface area contributed by atoms with Crippen molar-refractivity contribution in [3.8, 4) is 0 Å². The molecule has 3 nitrogen and oxygen atoms in total. The Labute approximate surface area is 166 Å². The van der Waals surface area contributed by atoms with Gasteiger partial charge in [-0.3, -0.25) is 4.79 Å². The number of fused-ring (bicyclic) bond motifs is 1. The number of aryl methyl sites for hydroxylation is 1. The van der Waals surface area contributed by atoms with Crippen LogP contribution in [0.3, 0.4) is 0 Å². The standard InChI is InChI=1S/C19H19NO2.C6H6/c1-14-7-8-16(11-15-5-3-2-4-6-15)19-18(14)12-17(20-19)9-10-22-13-21;1-2-4-6-5-3-1/h2-8,12-13,20H,9-11H2,1H3;1-6H. The summed E-state index contributed by atoms with van der Waals surface area (Å²) in [5.41, 5.74) is 6.12. The SMILES string of the molecule is Cc1ccc(Cc2ccccc2)c2[nH]c(CCOC=O)cc12.c1ccccc1. The Morgan fingerprint density at radius 3 is 2.18 bits per heavy atom. The first kappa shape index (κ1) is 19.4. The maximum Gasteiger partial charge on any atom is 0.293 e. The summed E-state index contributed by atoms with van der Waals surface area (Å²) >= 11 is 0. The van der Waals surface area contributed by atoms with Crippen LogP contribution in [-0.2, 0) is 22.4 Å². The Hall–Kier alpha value is -3.33. The highest BCUT2D eigenvalue weighted by molar-refractivity contribution is 5.87. The number of hydrogen-bond donors (Lipinski definition) is 1. The minimum atomic E-state index is 0.406. The fourth-order valence-corrected chi connectivity index (χ4v) is 3.17. The second-order valence-corrected chi connectivity index (χ2v) is 6.66. The van der Waals surface area contributed by atoms with Crippen LogP contribution in [0, 0.1) is 6.92 Å². The van der Waals surface area contributed by atoms with Crippen LogP contribution in [0.25, 0.3) is 10.9 Å². The molecule has 0 amide bonds. The van der Waals surface area contributed by atoms with E-state index in [0.717, 1.165) is 12.1 Å². The minimum Gasteiger partial charge on any atom is -0.467 e. The first-order chi connectivity index (χ1) is 13.8. The highest BCUT2D eigenvalue weighted by Gasteiger charge is 2.09. The highest BCUT2D eigenvalue weighted by Crippen LogP contribution is 2.25. The first-order valence-electron chi connectivity index (χ1n) is 9.47. The maximum atomic E-state index is 10.2. The monoisotopic (exact) mass is 371 g/mol. The Balaban J connectivity index is 0.000000320. The predicted octanol–water partition coefficient (Wildman–Crippen LogP) is 5.47. The van der Waals surface area contributed by atoms with E-state index in [1.165, 1.54) is 27.6 Å². The molecular weight excluding hydrogens is 346 g/mol. The topological polar surface area (TPSA) is 42.1 Å². The third-order valence-corrected chi connectivity index (χ3v) is 4.62. The molecule has 0 unspecified atom stereocenters. The number of hydrogen-bond acceptors (Lipinski definition) is 2. The van der Waals surface area contributed by atoms with Gasteiger partial charge in [0, 0.05) is 23.0 Å². The Kier molecular flexibility index (Phi) is 7.02. The van der Waals surface area contributed by atoms with Crippen LogP contribution < -0.4 is 0 Å². The second-order valence-electron chi connectivity index (χ2n) is 6.66. The zero-order valence-electron chi connectivity index (χ0n) is 16.1. The zero-order valence-corrected chi connectivity index (χ0v) is 16.1. The summed E-state index contributed by atoms with van der Waals surface area (Å²) in [5, 5.41) is 1.24. The summed E-state index contributed by atoms with van der Waals surface area (Å²) in [6.07, 6.45) is 1.61. The molecule has 0 radical (unpaired) electrons. The van der Waals surface area contributed by atoms with Crippen molar-refractivity contribution in [3.63, 3.8) is 0 Å². The average molecular weight is 371 g/mol. The summed E-state index contributed by atoms with van der Waals surface area (Å²) in [6.45, 7) is 3.02. The van der Waals surface area contributed by atoms with E-state index in [4.69, 9.17) is 4.74 Å². The van der Waals surface area contributed by atoms with E-state index in [0.29, 0.717) is 19.5 Å². The van der Waals surface area contributed by atoms with E-state index >= 15 is 0 Å². The number of carbonyl (C=O) groups excluding carboxylic acids is 1. The summed E-state index contributed by atoms with van der Waals surface area (Å²) < 4.78 is 4.79. The average Bonchev–Trinajstić information content (AvgIpc) is 3.18.